The molecular weight excluding hydrogens is 353 g/mol. The summed E-state index contributed by atoms with van der Waals surface area (Å²) in [6, 6.07) is 21.6. The molecule has 0 bridgehead atoms. The summed E-state index contributed by atoms with van der Waals surface area (Å²) in [4.78, 5) is 0. The third kappa shape index (κ3) is 3.62. The van der Waals surface area contributed by atoms with E-state index in [1.54, 1.807) is 12.1 Å². The number of nitrogens with one attached hydrogen (secondary N) is 1. The molecule has 5 heteroatoms. The van der Waals surface area contributed by atoms with Gasteiger partial charge in [-0.2, -0.15) is 0 Å². The van der Waals surface area contributed by atoms with E-state index in [-0.39, 0.29) is 12.4 Å². The van der Waals surface area contributed by atoms with E-state index >= 15 is 0 Å². The summed E-state index contributed by atoms with van der Waals surface area (Å²) in [5, 5.41) is 13.9. The molecule has 0 radical (unpaired) electrons. The van der Waals surface area contributed by atoms with Crippen LogP contribution in [0.5, 0.6) is 5.75 Å². The van der Waals surface area contributed by atoms with Crippen LogP contribution in [0, 0.1) is 18.2 Å². The van der Waals surface area contributed by atoms with E-state index in [1.165, 1.54) is 12.1 Å². The molecule has 0 fully saturated rings. The summed E-state index contributed by atoms with van der Waals surface area (Å²) in [6.45, 7) is 0.228. The average molecular weight is 369 g/mol. The molecule has 136 valence electrons. The van der Waals surface area contributed by atoms with Gasteiger partial charge < -0.3 is 10.1 Å². The molecule has 0 aliphatic heterocycles. The Bertz CT molecular complexity index is 1150. The lowest BCUT2D eigenvalue weighted by Crippen LogP contribution is -1.99. The molecule has 0 aliphatic rings. The highest BCUT2D eigenvalue weighted by molar-refractivity contribution is 6.00. The zero-order valence-corrected chi connectivity index (χ0v) is 14.9. The fraction of sp³-hybridized carbons (Fsp3) is 0.0435. The maximum atomic E-state index is 13.1. The van der Waals surface area contributed by atoms with Crippen LogP contribution in [0.1, 0.15) is 0 Å². The van der Waals surface area contributed by atoms with Crippen molar-refractivity contribution in [1.29, 1.82) is 0 Å². The van der Waals surface area contributed by atoms with Crippen molar-refractivity contribution in [2.24, 2.45) is 0 Å². The summed E-state index contributed by atoms with van der Waals surface area (Å²) >= 11 is 0. The third-order valence-electron chi connectivity index (χ3n) is 4.24. The van der Waals surface area contributed by atoms with Crippen LogP contribution in [0.4, 0.5) is 15.9 Å². The van der Waals surface area contributed by atoms with Gasteiger partial charge >= 0.3 is 0 Å². The van der Waals surface area contributed by atoms with Crippen molar-refractivity contribution in [3.8, 4) is 29.4 Å². The number of hydrogen-bond acceptors (Lipinski definition) is 4. The van der Waals surface area contributed by atoms with Gasteiger partial charge in [-0.05, 0) is 48.5 Å². The highest BCUT2D eigenvalue weighted by Gasteiger charge is 2.11. The smallest absolute Gasteiger partial charge is 0.161 e. The summed E-state index contributed by atoms with van der Waals surface area (Å²) in [5.41, 5.74) is 2.43. The van der Waals surface area contributed by atoms with E-state index in [0.29, 0.717) is 11.6 Å². The molecule has 1 aromatic heterocycles. The van der Waals surface area contributed by atoms with Gasteiger partial charge in [0.25, 0.3) is 0 Å². The Morgan fingerprint density at radius 1 is 0.893 bits per heavy atom. The predicted molar refractivity (Wildman–Crippen MR) is 109 cm³/mol. The van der Waals surface area contributed by atoms with Gasteiger partial charge in [0.2, 0.25) is 0 Å². The molecule has 3 aromatic carbocycles. The van der Waals surface area contributed by atoms with Crippen LogP contribution in [0.2, 0.25) is 0 Å². The summed E-state index contributed by atoms with van der Waals surface area (Å²) in [6.07, 6.45) is 5.22. The van der Waals surface area contributed by atoms with Crippen molar-refractivity contribution in [2.75, 3.05) is 11.9 Å². The summed E-state index contributed by atoms with van der Waals surface area (Å²) in [5.74, 6) is 3.47. The summed E-state index contributed by atoms with van der Waals surface area (Å²) < 4.78 is 18.6. The van der Waals surface area contributed by atoms with Gasteiger partial charge in [-0.25, -0.2) is 4.39 Å². The monoisotopic (exact) mass is 369 g/mol. The number of hydrogen-bond donors (Lipinski definition) is 1. The minimum atomic E-state index is -0.286. The lowest BCUT2D eigenvalue weighted by molar-refractivity contribution is 0.370. The lowest BCUT2D eigenvalue weighted by Gasteiger charge is -2.11. The topological polar surface area (TPSA) is 47.0 Å². The van der Waals surface area contributed by atoms with Gasteiger partial charge in [0.15, 0.2) is 5.82 Å². The lowest BCUT2D eigenvalue weighted by atomic mass is 10.0. The molecule has 0 atom stereocenters. The number of fused-ring (bicyclic) bond motifs is 1. The van der Waals surface area contributed by atoms with Crippen molar-refractivity contribution in [1.82, 2.24) is 10.2 Å². The molecule has 1 N–H and O–H groups in total. The molecule has 0 saturated carbocycles. The third-order valence-corrected chi connectivity index (χ3v) is 4.24. The van der Waals surface area contributed by atoms with Crippen LogP contribution < -0.4 is 10.1 Å². The van der Waals surface area contributed by atoms with Gasteiger partial charge in [-0.3, -0.25) is 0 Å². The van der Waals surface area contributed by atoms with Crippen molar-refractivity contribution >= 4 is 22.3 Å². The average Bonchev–Trinajstić information content (AvgIpc) is 2.74. The maximum absolute atomic E-state index is 13.1. The van der Waals surface area contributed by atoms with Crippen LogP contribution in [0.15, 0.2) is 72.8 Å². The van der Waals surface area contributed by atoms with E-state index in [1.807, 2.05) is 48.5 Å². The van der Waals surface area contributed by atoms with Crippen molar-refractivity contribution < 1.29 is 9.13 Å². The second-order valence-corrected chi connectivity index (χ2v) is 6.09. The van der Waals surface area contributed by atoms with E-state index < -0.39 is 0 Å². The number of anilines is 2. The quantitative estimate of drug-likeness (QED) is 0.492. The molecule has 0 unspecified atom stereocenters. The Morgan fingerprint density at radius 3 is 2.32 bits per heavy atom. The van der Waals surface area contributed by atoms with Gasteiger partial charge in [0, 0.05) is 22.0 Å². The van der Waals surface area contributed by atoms with Gasteiger partial charge in [-0.1, -0.05) is 30.2 Å². The van der Waals surface area contributed by atoms with Crippen LogP contribution >= 0.6 is 0 Å². The first kappa shape index (κ1) is 17.5. The Morgan fingerprint density at radius 2 is 1.61 bits per heavy atom. The first-order valence-electron chi connectivity index (χ1n) is 8.69. The summed E-state index contributed by atoms with van der Waals surface area (Å²) in [7, 11) is 0. The SMILES string of the molecule is C#CCOc1ccc(-c2nnc(Nc3ccc(F)cc3)c3ccccc23)cc1. The van der Waals surface area contributed by atoms with Crippen LogP contribution in [-0.2, 0) is 0 Å². The van der Waals surface area contributed by atoms with Crippen LogP contribution in [0.25, 0.3) is 22.0 Å². The van der Waals surface area contributed by atoms with E-state index in [2.05, 4.69) is 21.4 Å². The molecule has 0 spiro atoms. The molecule has 0 saturated heterocycles. The highest BCUT2D eigenvalue weighted by Crippen LogP contribution is 2.31. The normalized spacial score (nSPS) is 10.4. The van der Waals surface area contributed by atoms with Crippen LogP contribution in [-0.4, -0.2) is 16.8 Å². The standard InChI is InChI=1S/C23H16FN3O/c1-2-15-28-19-13-7-16(8-14-19)22-20-5-3-4-6-21(20)23(27-26-22)25-18-11-9-17(24)10-12-18/h1,3-14H,15H2,(H,25,27). The highest BCUT2D eigenvalue weighted by atomic mass is 19.1. The Balaban J connectivity index is 1.71. The largest absolute Gasteiger partial charge is 0.481 e. The molecule has 4 nitrogen and oxygen atoms in total. The molecule has 0 aliphatic carbocycles. The van der Waals surface area contributed by atoms with Crippen molar-refractivity contribution in [3.63, 3.8) is 0 Å². The van der Waals surface area contributed by atoms with E-state index in [9.17, 15) is 4.39 Å². The maximum Gasteiger partial charge on any atom is 0.161 e. The van der Waals surface area contributed by atoms with E-state index in [0.717, 1.165) is 27.7 Å². The second-order valence-electron chi connectivity index (χ2n) is 6.09. The van der Waals surface area contributed by atoms with E-state index in [4.69, 9.17) is 11.2 Å². The van der Waals surface area contributed by atoms with Gasteiger partial charge in [0.1, 0.15) is 23.9 Å². The molecule has 4 aromatic rings. The first-order valence-corrected chi connectivity index (χ1v) is 8.69. The number of rotatable bonds is 5. The Kier molecular flexibility index (Phi) is 4.85. The van der Waals surface area contributed by atoms with Gasteiger partial charge in [-0.15, -0.1) is 16.6 Å². The number of ether oxygens (including phenoxy) is 1. The minimum Gasteiger partial charge on any atom is -0.481 e. The van der Waals surface area contributed by atoms with Gasteiger partial charge in [0.05, 0.1) is 0 Å². The number of halogens is 1. The zero-order valence-electron chi connectivity index (χ0n) is 14.9. The Hall–Kier alpha value is -3.91. The van der Waals surface area contributed by atoms with Crippen LogP contribution in [0.3, 0.4) is 0 Å². The minimum absolute atomic E-state index is 0.228. The number of nitrogens with zero attached hydrogens (tertiary/aromatic N) is 2. The molecule has 1 heterocycles. The fourth-order valence-electron chi connectivity index (χ4n) is 2.91. The van der Waals surface area contributed by atoms with Crippen molar-refractivity contribution in [3.05, 3.63) is 78.6 Å². The molecule has 4 rings (SSSR count). The first-order chi connectivity index (χ1) is 13.7. The second kappa shape index (κ2) is 7.77. The molecule has 0 amide bonds. The number of aromatic nitrogens is 2. The zero-order chi connectivity index (χ0) is 19.3. The number of benzene rings is 3. The predicted octanol–water partition coefficient (Wildman–Crippen LogP) is 5.19. The fourth-order valence-corrected chi connectivity index (χ4v) is 2.91. The van der Waals surface area contributed by atoms with Crippen molar-refractivity contribution in [2.45, 2.75) is 0 Å². The molecule has 28 heavy (non-hydrogen) atoms. The molecular formula is C23H16FN3O. The Labute approximate surface area is 162 Å². The number of terminal acetylenes is 1.